The maximum atomic E-state index is 5.75. The van der Waals surface area contributed by atoms with Crippen LogP contribution in [0.1, 0.15) is 17.8 Å². The summed E-state index contributed by atoms with van der Waals surface area (Å²) in [6.45, 7) is 0.921. The molecule has 0 atom stereocenters. The molecule has 0 spiro atoms. The number of hydrogen-bond donors (Lipinski definition) is 0. The molecule has 0 bridgehead atoms. The molecular formula is C12H14ClN3. The number of hydrogen-bond acceptors (Lipinski definition) is 2. The van der Waals surface area contributed by atoms with Gasteiger partial charge < -0.3 is 4.57 Å². The summed E-state index contributed by atoms with van der Waals surface area (Å²) in [6.07, 6.45) is 3.88. The molecule has 0 aliphatic carbocycles. The van der Waals surface area contributed by atoms with Crippen molar-refractivity contribution >= 4 is 11.6 Å². The Kier molecular flexibility index (Phi) is 3.94. The SMILES string of the molecule is ClCc1nncn1CCCc1ccccc1. The van der Waals surface area contributed by atoms with Crippen molar-refractivity contribution in [2.75, 3.05) is 0 Å². The minimum Gasteiger partial charge on any atom is -0.317 e. The molecule has 4 heteroatoms. The van der Waals surface area contributed by atoms with Crippen LogP contribution in [-0.2, 0) is 18.8 Å². The van der Waals surface area contributed by atoms with Gasteiger partial charge in [0, 0.05) is 6.54 Å². The molecule has 1 aromatic carbocycles. The van der Waals surface area contributed by atoms with Crippen LogP contribution in [-0.4, -0.2) is 14.8 Å². The molecule has 84 valence electrons. The molecule has 3 nitrogen and oxygen atoms in total. The Hall–Kier alpha value is -1.35. The molecule has 0 saturated carbocycles. The maximum absolute atomic E-state index is 5.75. The number of nitrogens with zero attached hydrogens (tertiary/aromatic N) is 3. The summed E-state index contributed by atoms with van der Waals surface area (Å²) in [6, 6.07) is 10.5. The summed E-state index contributed by atoms with van der Waals surface area (Å²) in [5.74, 6) is 1.26. The largest absolute Gasteiger partial charge is 0.317 e. The van der Waals surface area contributed by atoms with E-state index in [1.54, 1.807) is 6.33 Å². The first kappa shape index (κ1) is 11.1. The fourth-order valence-corrected chi connectivity index (χ4v) is 1.87. The lowest BCUT2D eigenvalue weighted by Crippen LogP contribution is -2.02. The third-order valence-corrected chi connectivity index (χ3v) is 2.76. The minimum absolute atomic E-state index is 0.422. The number of alkyl halides is 1. The molecule has 2 rings (SSSR count). The Bertz CT molecular complexity index is 425. The van der Waals surface area contributed by atoms with Gasteiger partial charge in [-0.1, -0.05) is 30.3 Å². The van der Waals surface area contributed by atoms with Crippen LogP contribution in [0.3, 0.4) is 0 Å². The Morgan fingerprint density at radius 1 is 1.19 bits per heavy atom. The van der Waals surface area contributed by atoms with E-state index >= 15 is 0 Å². The Morgan fingerprint density at radius 3 is 2.75 bits per heavy atom. The molecule has 0 aliphatic rings. The number of aryl methyl sites for hydroxylation is 2. The van der Waals surface area contributed by atoms with Crippen LogP contribution in [0.5, 0.6) is 0 Å². The number of rotatable bonds is 5. The van der Waals surface area contributed by atoms with Gasteiger partial charge in [0.05, 0.1) is 5.88 Å². The summed E-state index contributed by atoms with van der Waals surface area (Å²) >= 11 is 5.75. The maximum Gasteiger partial charge on any atom is 0.147 e. The fourth-order valence-electron chi connectivity index (χ4n) is 1.67. The van der Waals surface area contributed by atoms with Gasteiger partial charge in [0.2, 0.25) is 0 Å². The average molecular weight is 236 g/mol. The normalized spacial score (nSPS) is 10.6. The molecule has 0 saturated heterocycles. The van der Waals surface area contributed by atoms with E-state index in [2.05, 4.69) is 34.5 Å². The molecular weight excluding hydrogens is 222 g/mol. The predicted octanol–water partition coefficient (Wildman–Crippen LogP) is 2.65. The van der Waals surface area contributed by atoms with E-state index in [0.29, 0.717) is 5.88 Å². The molecule has 0 N–H and O–H groups in total. The van der Waals surface area contributed by atoms with Crippen LogP contribution < -0.4 is 0 Å². The quantitative estimate of drug-likeness (QED) is 0.746. The van der Waals surface area contributed by atoms with Gasteiger partial charge in [0.1, 0.15) is 12.2 Å². The van der Waals surface area contributed by atoms with Gasteiger partial charge in [-0.05, 0) is 18.4 Å². The molecule has 0 aliphatic heterocycles. The highest BCUT2D eigenvalue weighted by Crippen LogP contribution is 2.06. The highest BCUT2D eigenvalue weighted by Gasteiger charge is 2.01. The monoisotopic (exact) mass is 235 g/mol. The van der Waals surface area contributed by atoms with Crippen LogP contribution in [0.15, 0.2) is 36.7 Å². The smallest absolute Gasteiger partial charge is 0.147 e. The molecule has 0 amide bonds. The summed E-state index contributed by atoms with van der Waals surface area (Å²) < 4.78 is 2.01. The second-order valence-electron chi connectivity index (χ2n) is 3.66. The molecule has 1 aromatic heterocycles. The van der Waals surface area contributed by atoms with Crippen LogP contribution in [0.2, 0.25) is 0 Å². The lowest BCUT2D eigenvalue weighted by molar-refractivity contribution is 0.622. The van der Waals surface area contributed by atoms with Crippen molar-refractivity contribution < 1.29 is 0 Å². The van der Waals surface area contributed by atoms with Crippen molar-refractivity contribution in [3.05, 3.63) is 48.0 Å². The van der Waals surface area contributed by atoms with E-state index in [1.165, 1.54) is 5.56 Å². The van der Waals surface area contributed by atoms with E-state index in [-0.39, 0.29) is 0 Å². The first-order valence-electron chi connectivity index (χ1n) is 5.36. The van der Waals surface area contributed by atoms with Gasteiger partial charge >= 0.3 is 0 Å². The van der Waals surface area contributed by atoms with E-state index in [1.807, 2.05) is 10.6 Å². The highest BCUT2D eigenvalue weighted by molar-refractivity contribution is 6.16. The van der Waals surface area contributed by atoms with Gasteiger partial charge in [0.15, 0.2) is 0 Å². The second kappa shape index (κ2) is 5.66. The van der Waals surface area contributed by atoms with E-state index in [4.69, 9.17) is 11.6 Å². The van der Waals surface area contributed by atoms with Crippen LogP contribution >= 0.6 is 11.6 Å². The molecule has 0 fully saturated rings. The number of halogens is 1. The Balaban J connectivity index is 1.85. The summed E-state index contributed by atoms with van der Waals surface area (Å²) in [5.41, 5.74) is 1.36. The van der Waals surface area contributed by atoms with Crippen molar-refractivity contribution in [3.8, 4) is 0 Å². The average Bonchev–Trinajstić information content (AvgIpc) is 2.78. The van der Waals surface area contributed by atoms with Crippen molar-refractivity contribution in [2.24, 2.45) is 0 Å². The van der Waals surface area contributed by atoms with Gasteiger partial charge in [-0.25, -0.2) is 0 Å². The van der Waals surface area contributed by atoms with Gasteiger partial charge in [-0.2, -0.15) is 0 Å². The molecule has 2 aromatic rings. The predicted molar refractivity (Wildman–Crippen MR) is 64.3 cm³/mol. The molecule has 16 heavy (non-hydrogen) atoms. The first-order valence-corrected chi connectivity index (χ1v) is 5.90. The third kappa shape index (κ3) is 2.83. The Labute approximate surface area is 100 Å². The fraction of sp³-hybridized carbons (Fsp3) is 0.333. The van der Waals surface area contributed by atoms with Crippen molar-refractivity contribution in [1.29, 1.82) is 0 Å². The van der Waals surface area contributed by atoms with E-state index < -0.39 is 0 Å². The van der Waals surface area contributed by atoms with Gasteiger partial charge in [-0.3, -0.25) is 0 Å². The lowest BCUT2D eigenvalue weighted by Gasteiger charge is -2.04. The van der Waals surface area contributed by atoms with Crippen molar-refractivity contribution in [3.63, 3.8) is 0 Å². The van der Waals surface area contributed by atoms with Gasteiger partial charge in [0.25, 0.3) is 0 Å². The van der Waals surface area contributed by atoms with Crippen LogP contribution in [0.25, 0.3) is 0 Å². The zero-order chi connectivity index (χ0) is 11.2. The van der Waals surface area contributed by atoms with E-state index in [9.17, 15) is 0 Å². The second-order valence-corrected chi connectivity index (χ2v) is 3.93. The summed E-state index contributed by atoms with van der Waals surface area (Å²) in [7, 11) is 0. The van der Waals surface area contributed by atoms with E-state index in [0.717, 1.165) is 25.2 Å². The standard InChI is InChI=1S/C12H14ClN3/c13-9-12-15-14-10-16(12)8-4-7-11-5-2-1-3-6-11/h1-3,5-6,10H,4,7-9H2. The van der Waals surface area contributed by atoms with Crippen LogP contribution in [0.4, 0.5) is 0 Å². The zero-order valence-electron chi connectivity index (χ0n) is 9.01. The highest BCUT2D eigenvalue weighted by atomic mass is 35.5. The number of benzene rings is 1. The lowest BCUT2D eigenvalue weighted by atomic mass is 10.1. The molecule has 1 heterocycles. The first-order chi connectivity index (χ1) is 7.90. The zero-order valence-corrected chi connectivity index (χ0v) is 9.77. The van der Waals surface area contributed by atoms with Gasteiger partial charge in [-0.15, -0.1) is 21.8 Å². The van der Waals surface area contributed by atoms with Crippen molar-refractivity contribution in [2.45, 2.75) is 25.3 Å². The minimum atomic E-state index is 0.422. The summed E-state index contributed by atoms with van der Waals surface area (Å²) in [5, 5.41) is 7.79. The van der Waals surface area contributed by atoms with Crippen LogP contribution in [0, 0.1) is 0 Å². The molecule has 0 radical (unpaired) electrons. The summed E-state index contributed by atoms with van der Waals surface area (Å²) in [4.78, 5) is 0. The molecule has 0 unspecified atom stereocenters. The number of aromatic nitrogens is 3. The third-order valence-electron chi connectivity index (χ3n) is 2.52. The Morgan fingerprint density at radius 2 is 2.00 bits per heavy atom. The topological polar surface area (TPSA) is 30.7 Å². The van der Waals surface area contributed by atoms with Crippen molar-refractivity contribution in [1.82, 2.24) is 14.8 Å².